The van der Waals surface area contributed by atoms with E-state index in [4.69, 9.17) is 15.9 Å². The number of benzene rings is 2. The molecule has 0 saturated heterocycles. The number of hydrogen-bond donors (Lipinski definition) is 3. The van der Waals surface area contributed by atoms with E-state index in [1.807, 2.05) is 36.4 Å². The molecule has 0 bridgehead atoms. The van der Waals surface area contributed by atoms with E-state index < -0.39 is 5.91 Å². The average molecular weight is 334 g/mol. The molecule has 8 heteroatoms. The number of hydrogen-bond acceptors (Lipinski definition) is 7. The first-order chi connectivity index (χ1) is 12.1. The summed E-state index contributed by atoms with van der Waals surface area (Å²) in [6.07, 6.45) is 1.44. The molecule has 0 aliphatic carbocycles. The molecule has 0 radical (unpaired) electrons. The topological polar surface area (TPSA) is 133 Å². The maximum atomic E-state index is 11.0. The molecule has 4 aromatic rings. The SMILES string of the molecule is NC(=O)CNc1ncnc2ccc(-c3ccc4oc(N)nc4c3)cc12. The summed E-state index contributed by atoms with van der Waals surface area (Å²) in [6.45, 7) is 0.000512. The van der Waals surface area contributed by atoms with Crippen LogP contribution in [0.3, 0.4) is 0 Å². The van der Waals surface area contributed by atoms with Gasteiger partial charge in [0.1, 0.15) is 17.7 Å². The summed E-state index contributed by atoms with van der Waals surface area (Å²) in [6, 6.07) is 11.6. The van der Waals surface area contributed by atoms with Crippen molar-refractivity contribution in [1.29, 1.82) is 0 Å². The molecule has 2 heterocycles. The standard InChI is InChI=1S/C17H14N6O2/c18-15(24)7-20-16-11-5-9(1-3-12(11)21-8-22-16)10-2-4-14-13(6-10)23-17(19)25-14/h1-6,8H,7H2,(H2,18,24)(H2,19,23)(H,20,21,22). The van der Waals surface area contributed by atoms with Crippen LogP contribution in [0.4, 0.5) is 11.8 Å². The number of carbonyl (C=O) groups is 1. The summed E-state index contributed by atoms with van der Waals surface area (Å²) < 4.78 is 5.30. The maximum Gasteiger partial charge on any atom is 0.292 e. The lowest BCUT2D eigenvalue weighted by Gasteiger charge is -2.08. The zero-order valence-corrected chi connectivity index (χ0v) is 13.1. The quantitative estimate of drug-likeness (QED) is 0.519. The van der Waals surface area contributed by atoms with E-state index >= 15 is 0 Å². The minimum absolute atomic E-state index is 0.000512. The first-order valence-electron chi connectivity index (χ1n) is 7.53. The van der Waals surface area contributed by atoms with Crippen molar-refractivity contribution < 1.29 is 9.21 Å². The third-order valence-corrected chi connectivity index (χ3v) is 3.80. The van der Waals surface area contributed by atoms with Crippen molar-refractivity contribution in [2.75, 3.05) is 17.6 Å². The number of rotatable bonds is 4. The third-order valence-electron chi connectivity index (χ3n) is 3.80. The molecule has 1 amide bonds. The second kappa shape index (κ2) is 5.75. The number of fused-ring (bicyclic) bond motifs is 2. The fraction of sp³-hybridized carbons (Fsp3) is 0.0588. The molecule has 5 N–H and O–H groups in total. The molecular weight excluding hydrogens is 320 g/mol. The zero-order chi connectivity index (χ0) is 17.4. The summed E-state index contributed by atoms with van der Waals surface area (Å²) in [5.74, 6) is 0.0920. The molecule has 0 unspecified atom stereocenters. The number of nitrogens with zero attached hydrogens (tertiary/aromatic N) is 3. The van der Waals surface area contributed by atoms with E-state index in [-0.39, 0.29) is 12.6 Å². The minimum Gasteiger partial charge on any atom is -0.424 e. The Morgan fingerprint density at radius 1 is 1.08 bits per heavy atom. The van der Waals surface area contributed by atoms with Crippen molar-refractivity contribution >= 4 is 39.7 Å². The van der Waals surface area contributed by atoms with Crippen LogP contribution in [0, 0.1) is 0 Å². The van der Waals surface area contributed by atoms with Gasteiger partial charge in [-0.25, -0.2) is 9.97 Å². The largest absolute Gasteiger partial charge is 0.424 e. The van der Waals surface area contributed by atoms with Crippen molar-refractivity contribution in [2.45, 2.75) is 0 Å². The Hall–Kier alpha value is -3.68. The third kappa shape index (κ3) is 2.80. The van der Waals surface area contributed by atoms with E-state index in [1.54, 1.807) is 0 Å². The maximum absolute atomic E-state index is 11.0. The molecule has 4 rings (SSSR count). The van der Waals surface area contributed by atoms with Crippen LogP contribution in [-0.4, -0.2) is 27.4 Å². The van der Waals surface area contributed by atoms with Gasteiger partial charge in [-0.1, -0.05) is 12.1 Å². The van der Waals surface area contributed by atoms with Gasteiger partial charge in [0.05, 0.1) is 12.1 Å². The number of nitrogens with one attached hydrogen (secondary N) is 1. The minimum atomic E-state index is -0.461. The van der Waals surface area contributed by atoms with Gasteiger partial charge < -0.3 is 21.2 Å². The fourth-order valence-corrected chi connectivity index (χ4v) is 2.67. The van der Waals surface area contributed by atoms with E-state index in [2.05, 4.69) is 20.3 Å². The molecule has 0 atom stereocenters. The summed E-state index contributed by atoms with van der Waals surface area (Å²) in [5.41, 5.74) is 14.8. The van der Waals surface area contributed by atoms with Crippen LogP contribution in [0.15, 0.2) is 47.1 Å². The van der Waals surface area contributed by atoms with Gasteiger partial charge >= 0.3 is 0 Å². The molecule has 0 fully saturated rings. The molecule has 0 saturated carbocycles. The van der Waals surface area contributed by atoms with Gasteiger partial charge in [-0.05, 0) is 35.4 Å². The number of primary amides is 1. The smallest absolute Gasteiger partial charge is 0.292 e. The van der Waals surface area contributed by atoms with Crippen LogP contribution in [0.5, 0.6) is 0 Å². The molecule has 2 aromatic heterocycles. The van der Waals surface area contributed by atoms with E-state index in [9.17, 15) is 4.79 Å². The number of carbonyl (C=O) groups excluding carboxylic acids is 1. The van der Waals surface area contributed by atoms with Gasteiger partial charge in [0.2, 0.25) is 5.91 Å². The highest BCUT2D eigenvalue weighted by atomic mass is 16.4. The number of nitrogen functional groups attached to an aromatic ring is 1. The Kier molecular flexibility index (Phi) is 3.42. The van der Waals surface area contributed by atoms with Gasteiger partial charge in [-0.2, -0.15) is 4.98 Å². The first-order valence-corrected chi connectivity index (χ1v) is 7.53. The Labute approximate surface area is 141 Å². The van der Waals surface area contributed by atoms with Crippen LogP contribution in [0.25, 0.3) is 33.1 Å². The molecule has 0 spiro atoms. The van der Waals surface area contributed by atoms with Crippen molar-refractivity contribution in [1.82, 2.24) is 15.0 Å². The highest BCUT2D eigenvalue weighted by molar-refractivity contribution is 5.94. The molecule has 2 aromatic carbocycles. The number of anilines is 2. The van der Waals surface area contributed by atoms with Crippen molar-refractivity contribution in [3.8, 4) is 11.1 Å². The second-order valence-corrected chi connectivity index (χ2v) is 5.51. The predicted molar refractivity (Wildman–Crippen MR) is 94.6 cm³/mol. The fourth-order valence-electron chi connectivity index (χ4n) is 2.67. The lowest BCUT2D eigenvalue weighted by Crippen LogP contribution is -2.22. The normalized spacial score (nSPS) is 11.0. The monoisotopic (exact) mass is 334 g/mol. The Bertz CT molecular complexity index is 1100. The highest BCUT2D eigenvalue weighted by Crippen LogP contribution is 2.29. The summed E-state index contributed by atoms with van der Waals surface area (Å²) in [7, 11) is 0. The van der Waals surface area contributed by atoms with Gasteiger partial charge in [0.15, 0.2) is 5.58 Å². The molecule has 0 aliphatic heterocycles. The molecule has 124 valence electrons. The molecule has 25 heavy (non-hydrogen) atoms. The Morgan fingerprint density at radius 3 is 2.72 bits per heavy atom. The summed E-state index contributed by atoms with van der Waals surface area (Å²) >= 11 is 0. The lowest BCUT2D eigenvalue weighted by molar-refractivity contribution is -0.116. The van der Waals surface area contributed by atoms with Crippen LogP contribution in [0.1, 0.15) is 0 Å². The summed E-state index contributed by atoms with van der Waals surface area (Å²) in [4.78, 5) is 23.6. The highest BCUT2D eigenvalue weighted by Gasteiger charge is 2.09. The zero-order valence-electron chi connectivity index (χ0n) is 13.1. The van der Waals surface area contributed by atoms with Crippen molar-refractivity contribution in [3.63, 3.8) is 0 Å². The van der Waals surface area contributed by atoms with E-state index in [0.717, 1.165) is 22.0 Å². The Balaban J connectivity index is 1.80. The molecule has 0 aliphatic rings. The number of oxazole rings is 1. The van der Waals surface area contributed by atoms with Gasteiger partial charge in [-0.15, -0.1) is 0 Å². The number of nitrogens with two attached hydrogens (primary N) is 2. The lowest BCUT2D eigenvalue weighted by atomic mass is 10.0. The van der Waals surface area contributed by atoms with Gasteiger partial charge in [0.25, 0.3) is 6.01 Å². The van der Waals surface area contributed by atoms with Gasteiger partial charge in [-0.3, -0.25) is 4.79 Å². The van der Waals surface area contributed by atoms with Crippen LogP contribution < -0.4 is 16.8 Å². The first kappa shape index (κ1) is 14.9. The summed E-state index contributed by atoms with van der Waals surface area (Å²) in [5, 5.41) is 3.72. The van der Waals surface area contributed by atoms with Crippen molar-refractivity contribution in [2.24, 2.45) is 5.73 Å². The molecule has 8 nitrogen and oxygen atoms in total. The van der Waals surface area contributed by atoms with E-state index in [0.29, 0.717) is 16.9 Å². The number of amides is 1. The predicted octanol–water partition coefficient (Wildman–Crippen LogP) is 1.92. The van der Waals surface area contributed by atoms with Crippen LogP contribution >= 0.6 is 0 Å². The van der Waals surface area contributed by atoms with Gasteiger partial charge in [0, 0.05) is 5.39 Å². The Morgan fingerprint density at radius 2 is 1.88 bits per heavy atom. The average Bonchev–Trinajstić information content (AvgIpc) is 2.98. The molecular formula is C17H14N6O2. The van der Waals surface area contributed by atoms with Crippen molar-refractivity contribution in [3.05, 3.63) is 42.7 Å². The number of aromatic nitrogens is 3. The van der Waals surface area contributed by atoms with E-state index in [1.165, 1.54) is 6.33 Å². The second-order valence-electron chi connectivity index (χ2n) is 5.51. The van der Waals surface area contributed by atoms with Crippen LogP contribution in [-0.2, 0) is 4.79 Å². The van der Waals surface area contributed by atoms with Crippen LogP contribution in [0.2, 0.25) is 0 Å².